The van der Waals surface area contributed by atoms with Gasteiger partial charge in [0, 0.05) is 23.7 Å². The lowest BCUT2D eigenvalue weighted by molar-refractivity contribution is 0.734. The van der Waals surface area contributed by atoms with Crippen molar-refractivity contribution < 1.29 is 0 Å². The van der Waals surface area contributed by atoms with Crippen LogP contribution < -0.4 is 10.6 Å². The molecule has 0 aliphatic heterocycles. The van der Waals surface area contributed by atoms with Crippen LogP contribution in [0.25, 0.3) is 0 Å². The van der Waals surface area contributed by atoms with Gasteiger partial charge < -0.3 is 10.6 Å². The highest BCUT2D eigenvalue weighted by molar-refractivity contribution is 7.09. The lowest BCUT2D eigenvalue weighted by atomic mass is 10.2. The van der Waals surface area contributed by atoms with E-state index in [2.05, 4.69) is 39.4 Å². The molecule has 108 valence electrons. The van der Waals surface area contributed by atoms with Crippen molar-refractivity contribution in [3.63, 3.8) is 0 Å². The largest absolute Gasteiger partial charge is 0.370 e. The van der Waals surface area contributed by atoms with Gasteiger partial charge in [0.05, 0.1) is 6.04 Å². The fraction of sp³-hybridized carbons (Fsp3) is 0.500. The number of nitrogens with zero attached hydrogens (tertiary/aromatic N) is 3. The second-order valence-corrected chi connectivity index (χ2v) is 5.53. The van der Waals surface area contributed by atoms with Crippen molar-refractivity contribution in [3.05, 3.63) is 28.0 Å². The fourth-order valence-electron chi connectivity index (χ4n) is 2.02. The van der Waals surface area contributed by atoms with Crippen LogP contribution in [0.1, 0.15) is 42.7 Å². The van der Waals surface area contributed by atoms with Crippen LogP contribution in [0.2, 0.25) is 0 Å². The molecule has 2 heterocycles. The van der Waals surface area contributed by atoms with E-state index in [0.29, 0.717) is 0 Å². The summed E-state index contributed by atoms with van der Waals surface area (Å²) in [6.45, 7) is 9.01. The molecule has 0 bridgehead atoms. The Hall–Kier alpha value is -1.69. The molecular weight excluding hydrogens is 270 g/mol. The van der Waals surface area contributed by atoms with Gasteiger partial charge in [0.25, 0.3) is 0 Å². The van der Waals surface area contributed by atoms with Gasteiger partial charge in [-0.3, -0.25) is 0 Å². The minimum Gasteiger partial charge on any atom is -0.370 e. The molecule has 1 atom stereocenters. The third-order valence-corrected chi connectivity index (χ3v) is 3.96. The molecule has 0 spiro atoms. The molecule has 0 fully saturated rings. The Morgan fingerprint density at radius 1 is 1.20 bits per heavy atom. The van der Waals surface area contributed by atoms with Gasteiger partial charge in [-0.05, 0) is 27.2 Å². The average molecular weight is 291 g/mol. The number of aryl methyl sites for hydroxylation is 1. The Morgan fingerprint density at radius 3 is 2.55 bits per heavy atom. The SMILES string of the molecule is CCNc1nc(C)nc(NC(CC)c2nccs2)c1C. The van der Waals surface area contributed by atoms with Gasteiger partial charge in [-0.15, -0.1) is 11.3 Å². The van der Waals surface area contributed by atoms with Crippen LogP contribution in [-0.2, 0) is 0 Å². The maximum Gasteiger partial charge on any atom is 0.135 e. The van der Waals surface area contributed by atoms with E-state index in [1.165, 1.54) is 0 Å². The standard InChI is InChI=1S/C14H21N5S/c1-5-11(14-16-7-8-20-14)19-13-9(3)12(15-6-2)17-10(4)18-13/h7-8,11H,5-6H2,1-4H3,(H2,15,17,18,19). The highest BCUT2D eigenvalue weighted by Crippen LogP contribution is 2.27. The van der Waals surface area contributed by atoms with Crippen LogP contribution in [0, 0.1) is 13.8 Å². The first-order valence-electron chi connectivity index (χ1n) is 6.90. The van der Waals surface area contributed by atoms with Crippen LogP contribution in [0.5, 0.6) is 0 Å². The molecule has 0 saturated carbocycles. The predicted octanol–water partition coefficient (Wildman–Crippen LogP) is 3.54. The number of anilines is 2. The van der Waals surface area contributed by atoms with Crippen molar-refractivity contribution in [2.24, 2.45) is 0 Å². The topological polar surface area (TPSA) is 62.7 Å². The van der Waals surface area contributed by atoms with Crippen molar-refractivity contribution in [2.45, 2.75) is 40.2 Å². The quantitative estimate of drug-likeness (QED) is 0.852. The van der Waals surface area contributed by atoms with E-state index in [0.717, 1.165) is 41.0 Å². The van der Waals surface area contributed by atoms with Gasteiger partial charge in [0.15, 0.2) is 0 Å². The first-order valence-corrected chi connectivity index (χ1v) is 7.78. The van der Waals surface area contributed by atoms with E-state index in [-0.39, 0.29) is 6.04 Å². The Labute approximate surface area is 123 Å². The van der Waals surface area contributed by atoms with Gasteiger partial charge in [0.2, 0.25) is 0 Å². The summed E-state index contributed by atoms with van der Waals surface area (Å²) < 4.78 is 0. The lowest BCUT2D eigenvalue weighted by Gasteiger charge is -2.18. The van der Waals surface area contributed by atoms with E-state index in [1.807, 2.05) is 25.4 Å². The van der Waals surface area contributed by atoms with Crippen LogP contribution in [0.4, 0.5) is 11.6 Å². The summed E-state index contributed by atoms with van der Waals surface area (Å²) in [5.74, 6) is 2.55. The van der Waals surface area contributed by atoms with Crippen LogP contribution >= 0.6 is 11.3 Å². The summed E-state index contributed by atoms with van der Waals surface area (Å²) in [4.78, 5) is 13.4. The van der Waals surface area contributed by atoms with Crippen LogP contribution in [-0.4, -0.2) is 21.5 Å². The summed E-state index contributed by atoms with van der Waals surface area (Å²) in [5.41, 5.74) is 1.05. The molecule has 2 aromatic rings. The zero-order valence-corrected chi connectivity index (χ0v) is 13.2. The lowest BCUT2D eigenvalue weighted by Crippen LogP contribution is -2.14. The normalized spacial score (nSPS) is 12.2. The van der Waals surface area contributed by atoms with Crippen molar-refractivity contribution in [2.75, 3.05) is 17.2 Å². The monoisotopic (exact) mass is 291 g/mol. The molecule has 0 amide bonds. The smallest absolute Gasteiger partial charge is 0.135 e. The number of rotatable bonds is 6. The van der Waals surface area contributed by atoms with Crippen LogP contribution in [0.15, 0.2) is 11.6 Å². The zero-order chi connectivity index (χ0) is 14.5. The molecule has 2 aromatic heterocycles. The molecule has 1 unspecified atom stereocenters. The third-order valence-electron chi connectivity index (χ3n) is 3.07. The van der Waals surface area contributed by atoms with Gasteiger partial charge in [0.1, 0.15) is 22.5 Å². The van der Waals surface area contributed by atoms with Crippen molar-refractivity contribution >= 4 is 23.0 Å². The number of thiazole rings is 1. The minimum atomic E-state index is 0.192. The van der Waals surface area contributed by atoms with Gasteiger partial charge in [-0.25, -0.2) is 15.0 Å². The summed E-state index contributed by atoms with van der Waals surface area (Å²) in [6, 6.07) is 0.192. The van der Waals surface area contributed by atoms with E-state index in [9.17, 15) is 0 Å². The van der Waals surface area contributed by atoms with Crippen LogP contribution in [0.3, 0.4) is 0 Å². The highest BCUT2D eigenvalue weighted by Gasteiger charge is 2.16. The molecule has 2 N–H and O–H groups in total. The number of aromatic nitrogens is 3. The van der Waals surface area contributed by atoms with E-state index < -0.39 is 0 Å². The molecule has 2 rings (SSSR count). The number of hydrogen-bond acceptors (Lipinski definition) is 6. The Balaban J connectivity index is 2.28. The first kappa shape index (κ1) is 14.7. The molecule has 0 radical (unpaired) electrons. The molecule has 0 aliphatic carbocycles. The molecule has 6 heteroatoms. The third kappa shape index (κ3) is 3.25. The van der Waals surface area contributed by atoms with E-state index >= 15 is 0 Å². The molecule has 20 heavy (non-hydrogen) atoms. The molecule has 0 saturated heterocycles. The van der Waals surface area contributed by atoms with E-state index in [1.54, 1.807) is 11.3 Å². The molecule has 5 nitrogen and oxygen atoms in total. The Kier molecular flexibility index (Phi) is 4.89. The second-order valence-electron chi connectivity index (χ2n) is 4.60. The predicted molar refractivity (Wildman–Crippen MR) is 84.4 cm³/mol. The summed E-state index contributed by atoms with van der Waals surface area (Å²) in [6.07, 6.45) is 2.80. The molecular formula is C14H21N5S. The van der Waals surface area contributed by atoms with Gasteiger partial charge >= 0.3 is 0 Å². The van der Waals surface area contributed by atoms with E-state index in [4.69, 9.17) is 0 Å². The molecule has 0 aliphatic rings. The summed E-state index contributed by atoms with van der Waals surface area (Å²) in [7, 11) is 0. The Morgan fingerprint density at radius 2 is 1.95 bits per heavy atom. The minimum absolute atomic E-state index is 0.192. The first-order chi connectivity index (χ1) is 9.65. The van der Waals surface area contributed by atoms with Crippen molar-refractivity contribution in [3.8, 4) is 0 Å². The summed E-state index contributed by atoms with van der Waals surface area (Å²) in [5, 5.41) is 9.87. The molecule has 0 aromatic carbocycles. The average Bonchev–Trinajstić information content (AvgIpc) is 2.95. The summed E-state index contributed by atoms with van der Waals surface area (Å²) >= 11 is 1.67. The number of nitrogens with one attached hydrogen (secondary N) is 2. The Bertz CT molecular complexity index is 553. The highest BCUT2D eigenvalue weighted by atomic mass is 32.1. The van der Waals surface area contributed by atoms with Gasteiger partial charge in [-0.1, -0.05) is 6.92 Å². The maximum atomic E-state index is 4.53. The maximum absolute atomic E-state index is 4.53. The zero-order valence-electron chi connectivity index (χ0n) is 12.4. The fourth-order valence-corrected chi connectivity index (χ4v) is 2.79. The number of hydrogen-bond donors (Lipinski definition) is 2. The van der Waals surface area contributed by atoms with Crippen molar-refractivity contribution in [1.82, 2.24) is 15.0 Å². The van der Waals surface area contributed by atoms with Crippen molar-refractivity contribution in [1.29, 1.82) is 0 Å². The van der Waals surface area contributed by atoms with Gasteiger partial charge in [-0.2, -0.15) is 0 Å². The second kappa shape index (κ2) is 6.65.